The number of hydrogen-bond donors (Lipinski definition) is 1. The van der Waals surface area contributed by atoms with Crippen molar-refractivity contribution >= 4 is 17.6 Å². The highest BCUT2D eigenvalue weighted by molar-refractivity contribution is 6.08. The van der Waals surface area contributed by atoms with E-state index >= 15 is 0 Å². The SMILES string of the molecule is COc1ccc(/C=C/C(=O)CC(=N)C(F)(F)F)cc1. The van der Waals surface area contributed by atoms with Gasteiger partial charge in [-0.1, -0.05) is 18.2 Å². The largest absolute Gasteiger partial charge is 0.497 e. The number of nitrogens with one attached hydrogen (secondary N) is 1. The lowest BCUT2D eigenvalue weighted by Crippen LogP contribution is -2.23. The van der Waals surface area contributed by atoms with Crippen molar-refractivity contribution in [2.24, 2.45) is 0 Å². The molecule has 102 valence electrons. The van der Waals surface area contributed by atoms with E-state index in [2.05, 4.69) is 0 Å². The number of methoxy groups -OCH3 is 1. The first-order valence-electron chi connectivity index (χ1n) is 5.32. The van der Waals surface area contributed by atoms with E-state index in [4.69, 9.17) is 10.1 Å². The van der Waals surface area contributed by atoms with Gasteiger partial charge >= 0.3 is 6.18 Å². The summed E-state index contributed by atoms with van der Waals surface area (Å²) in [5.41, 5.74) is -0.885. The molecule has 19 heavy (non-hydrogen) atoms. The molecule has 0 aliphatic carbocycles. The number of alkyl halides is 3. The molecule has 0 aromatic heterocycles. The monoisotopic (exact) mass is 271 g/mol. The Bertz CT molecular complexity index is 490. The van der Waals surface area contributed by atoms with Gasteiger partial charge in [-0.2, -0.15) is 13.2 Å². The van der Waals surface area contributed by atoms with Gasteiger partial charge < -0.3 is 10.1 Å². The minimum atomic E-state index is -4.75. The summed E-state index contributed by atoms with van der Waals surface area (Å²) < 4.78 is 41.1. The van der Waals surface area contributed by atoms with E-state index in [0.29, 0.717) is 11.3 Å². The summed E-state index contributed by atoms with van der Waals surface area (Å²) >= 11 is 0. The van der Waals surface area contributed by atoms with Crippen LogP contribution in [-0.2, 0) is 4.79 Å². The van der Waals surface area contributed by atoms with Crippen molar-refractivity contribution in [3.05, 3.63) is 35.9 Å². The zero-order valence-corrected chi connectivity index (χ0v) is 10.1. The molecule has 0 aliphatic rings. The number of halogens is 3. The third-order valence-electron chi connectivity index (χ3n) is 2.27. The lowest BCUT2D eigenvalue weighted by molar-refractivity contribution is -0.114. The van der Waals surface area contributed by atoms with Gasteiger partial charge in [-0.3, -0.25) is 4.79 Å². The van der Waals surface area contributed by atoms with E-state index in [9.17, 15) is 18.0 Å². The molecule has 3 nitrogen and oxygen atoms in total. The molecule has 1 aromatic carbocycles. The lowest BCUT2D eigenvalue weighted by atomic mass is 10.1. The van der Waals surface area contributed by atoms with Gasteiger partial charge in [0.05, 0.1) is 13.5 Å². The molecular formula is C13H12F3NO2. The van der Waals surface area contributed by atoms with Crippen molar-refractivity contribution in [3.63, 3.8) is 0 Å². The van der Waals surface area contributed by atoms with Gasteiger partial charge in [0.2, 0.25) is 0 Å². The fourth-order valence-corrected chi connectivity index (χ4v) is 1.24. The second-order valence-electron chi connectivity index (χ2n) is 3.73. The smallest absolute Gasteiger partial charge is 0.429 e. The zero-order valence-electron chi connectivity index (χ0n) is 10.1. The maximum atomic E-state index is 12.0. The van der Waals surface area contributed by atoms with E-state index in [1.807, 2.05) is 0 Å². The molecule has 0 unspecified atom stereocenters. The van der Waals surface area contributed by atoms with Crippen LogP contribution in [0.25, 0.3) is 6.08 Å². The molecule has 0 aliphatic heterocycles. The third-order valence-corrected chi connectivity index (χ3v) is 2.27. The number of allylic oxidation sites excluding steroid dienone is 1. The molecule has 0 saturated heterocycles. The molecule has 0 saturated carbocycles. The highest BCUT2D eigenvalue weighted by Crippen LogP contribution is 2.18. The summed E-state index contributed by atoms with van der Waals surface area (Å²) in [5, 5.41) is 6.71. The molecule has 6 heteroatoms. The number of ether oxygens (including phenoxy) is 1. The number of benzene rings is 1. The van der Waals surface area contributed by atoms with Crippen LogP contribution >= 0.6 is 0 Å². The second kappa shape index (κ2) is 6.17. The van der Waals surface area contributed by atoms with Crippen LogP contribution in [0.5, 0.6) is 5.75 Å². The van der Waals surface area contributed by atoms with Crippen LogP contribution in [0.4, 0.5) is 13.2 Å². The average molecular weight is 271 g/mol. The third kappa shape index (κ3) is 4.95. The predicted octanol–water partition coefficient (Wildman–Crippen LogP) is 3.25. The van der Waals surface area contributed by atoms with Crippen molar-refractivity contribution in [2.45, 2.75) is 12.6 Å². The molecule has 0 atom stereocenters. The minimum Gasteiger partial charge on any atom is -0.497 e. The lowest BCUT2D eigenvalue weighted by Gasteiger charge is -2.05. The van der Waals surface area contributed by atoms with Crippen molar-refractivity contribution in [2.75, 3.05) is 7.11 Å². The van der Waals surface area contributed by atoms with Crippen LogP contribution in [0.3, 0.4) is 0 Å². The predicted molar refractivity (Wildman–Crippen MR) is 65.4 cm³/mol. The van der Waals surface area contributed by atoms with Crippen LogP contribution in [0.15, 0.2) is 30.3 Å². The van der Waals surface area contributed by atoms with E-state index in [1.165, 1.54) is 13.2 Å². The van der Waals surface area contributed by atoms with Gasteiger partial charge in [0.15, 0.2) is 5.78 Å². The van der Waals surface area contributed by atoms with Crippen molar-refractivity contribution in [3.8, 4) is 5.75 Å². The molecular weight excluding hydrogens is 259 g/mol. The van der Waals surface area contributed by atoms with E-state index in [0.717, 1.165) is 6.08 Å². The Hall–Kier alpha value is -2.11. The average Bonchev–Trinajstić information content (AvgIpc) is 2.35. The molecule has 0 spiro atoms. The van der Waals surface area contributed by atoms with Gasteiger partial charge in [0.25, 0.3) is 0 Å². The zero-order chi connectivity index (χ0) is 14.5. The summed E-state index contributed by atoms with van der Waals surface area (Å²) in [7, 11) is 1.51. The van der Waals surface area contributed by atoms with Crippen LogP contribution in [0, 0.1) is 5.41 Å². The number of rotatable bonds is 5. The van der Waals surface area contributed by atoms with Gasteiger partial charge in [-0.05, 0) is 23.8 Å². The van der Waals surface area contributed by atoms with Crippen LogP contribution in [0.1, 0.15) is 12.0 Å². The van der Waals surface area contributed by atoms with E-state index < -0.39 is 24.1 Å². The fourth-order valence-electron chi connectivity index (χ4n) is 1.24. The molecule has 0 amide bonds. The van der Waals surface area contributed by atoms with Gasteiger partial charge in [0.1, 0.15) is 11.5 Å². The van der Waals surface area contributed by atoms with Crippen LogP contribution in [0.2, 0.25) is 0 Å². The maximum absolute atomic E-state index is 12.0. The summed E-state index contributed by atoms with van der Waals surface area (Å²) in [6, 6.07) is 6.67. The molecule has 1 aromatic rings. The Morgan fingerprint density at radius 3 is 2.37 bits per heavy atom. The van der Waals surface area contributed by atoms with Crippen molar-refractivity contribution < 1.29 is 22.7 Å². The Kier molecular flexibility index (Phi) is 4.86. The normalized spacial score (nSPS) is 11.6. The fraction of sp³-hybridized carbons (Fsp3) is 0.231. The molecule has 1 N–H and O–H groups in total. The first-order valence-corrected chi connectivity index (χ1v) is 5.32. The molecule has 0 bridgehead atoms. The van der Waals surface area contributed by atoms with Crippen molar-refractivity contribution in [1.29, 1.82) is 5.41 Å². The molecule has 0 radical (unpaired) electrons. The van der Waals surface area contributed by atoms with Gasteiger partial charge in [-0.15, -0.1) is 0 Å². The van der Waals surface area contributed by atoms with E-state index in [1.54, 1.807) is 24.3 Å². The number of carbonyl (C=O) groups excluding carboxylic acids is 1. The van der Waals surface area contributed by atoms with Gasteiger partial charge in [0, 0.05) is 0 Å². The van der Waals surface area contributed by atoms with Crippen molar-refractivity contribution in [1.82, 2.24) is 0 Å². The summed E-state index contributed by atoms with van der Waals surface area (Å²) in [6.45, 7) is 0. The number of hydrogen-bond acceptors (Lipinski definition) is 3. The Balaban J connectivity index is 2.61. The standard InChI is InChI=1S/C13H12F3NO2/c1-19-11-6-3-9(4-7-11)2-5-10(18)8-12(17)13(14,15)16/h2-7,17H,8H2,1H3/b5-2+,17-12?. The number of carbonyl (C=O) groups is 1. The molecule has 0 heterocycles. The Morgan fingerprint density at radius 1 is 1.32 bits per heavy atom. The first kappa shape index (κ1) is 14.9. The highest BCUT2D eigenvalue weighted by Gasteiger charge is 2.34. The topological polar surface area (TPSA) is 50.2 Å². The number of ketones is 1. The van der Waals surface area contributed by atoms with Gasteiger partial charge in [-0.25, -0.2) is 0 Å². The minimum absolute atomic E-state index is 0.641. The second-order valence-corrected chi connectivity index (χ2v) is 3.73. The maximum Gasteiger partial charge on any atom is 0.429 e. The van der Waals surface area contributed by atoms with Crippen LogP contribution in [-0.4, -0.2) is 24.8 Å². The Labute approximate surface area is 108 Å². The quantitative estimate of drug-likeness (QED) is 0.660. The highest BCUT2D eigenvalue weighted by atomic mass is 19.4. The summed E-state index contributed by atoms with van der Waals surface area (Å²) in [4.78, 5) is 11.2. The van der Waals surface area contributed by atoms with Crippen LogP contribution < -0.4 is 4.74 Å². The summed E-state index contributed by atoms with van der Waals surface area (Å²) in [5.74, 6) is -0.125. The Morgan fingerprint density at radius 2 is 1.89 bits per heavy atom. The molecule has 1 rings (SSSR count). The first-order chi connectivity index (χ1) is 8.82. The van der Waals surface area contributed by atoms with E-state index in [-0.39, 0.29) is 0 Å². The molecule has 0 fully saturated rings. The summed E-state index contributed by atoms with van der Waals surface area (Å²) in [6.07, 6.45) is -3.27.